The molecule has 0 atom stereocenters. The molecule has 0 spiro atoms. The van der Waals surface area contributed by atoms with E-state index in [4.69, 9.17) is 4.84 Å². The molecule has 0 fully saturated rings. The van der Waals surface area contributed by atoms with E-state index in [0.717, 1.165) is 4.47 Å². The van der Waals surface area contributed by atoms with Crippen LogP contribution in [0.3, 0.4) is 0 Å². The second-order valence-corrected chi connectivity index (χ2v) is 4.04. The Bertz CT molecular complexity index is 541. The molecule has 0 bridgehead atoms. The zero-order valence-electron chi connectivity index (χ0n) is 8.92. The van der Waals surface area contributed by atoms with Gasteiger partial charge in [0, 0.05) is 6.92 Å². The van der Waals surface area contributed by atoms with Gasteiger partial charge in [-0.2, -0.15) is 0 Å². The molecule has 0 unspecified atom stereocenters. The molecule has 0 saturated carbocycles. The van der Waals surface area contributed by atoms with E-state index in [9.17, 15) is 4.79 Å². The molecule has 17 heavy (non-hydrogen) atoms. The molecule has 0 saturated heterocycles. The highest BCUT2D eigenvalue weighted by Crippen LogP contribution is 2.24. The maximum absolute atomic E-state index is 10.9. The van der Waals surface area contributed by atoms with E-state index in [1.54, 1.807) is 6.07 Å². The Morgan fingerprint density at radius 2 is 2.24 bits per heavy atom. The van der Waals surface area contributed by atoms with Crippen molar-refractivity contribution in [3.8, 4) is 5.75 Å². The fourth-order valence-corrected chi connectivity index (χ4v) is 1.51. The number of carbonyl (C=O) groups excluding carboxylic acids is 1. The normalized spacial score (nSPS) is 10.0. The standard InChI is InChI=1S/C10H9BrN4O2/c1-7(16)13-10-14-12-6-15(10)17-9-5-3-2-4-8(9)11/h2-6H,1H3,(H,13,14,16). The molecule has 2 aromatic rings. The Labute approximate surface area is 106 Å². The second kappa shape index (κ2) is 4.96. The summed E-state index contributed by atoms with van der Waals surface area (Å²) in [6.07, 6.45) is 1.37. The quantitative estimate of drug-likeness (QED) is 0.938. The van der Waals surface area contributed by atoms with Crippen molar-refractivity contribution in [2.45, 2.75) is 6.92 Å². The molecular formula is C10H9BrN4O2. The number of anilines is 1. The van der Waals surface area contributed by atoms with E-state index >= 15 is 0 Å². The molecule has 1 amide bonds. The van der Waals surface area contributed by atoms with Crippen LogP contribution in [0.2, 0.25) is 0 Å². The van der Waals surface area contributed by atoms with Gasteiger partial charge in [0.15, 0.2) is 12.1 Å². The van der Waals surface area contributed by atoms with Gasteiger partial charge in [0.05, 0.1) is 4.47 Å². The topological polar surface area (TPSA) is 69.0 Å². The smallest absolute Gasteiger partial charge is 0.265 e. The van der Waals surface area contributed by atoms with E-state index in [2.05, 4.69) is 31.4 Å². The first-order valence-corrected chi connectivity index (χ1v) is 5.56. The second-order valence-electron chi connectivity index (χ2n) is 3.18. The molecule has 0 aliphatic heterocycles. The van der Waals surface area contributed by atoms with E-state index < -0.39 is 0 Å². The van der Waals surface area contributed by atoms with Gasteiger partial charge in [0.2, 0.25) is 5.91 Å². The van der Waals surface area contributed by atoms with Crippen molar-refractivity contribution >= 4 is 27.8 Å². The monoisotopic (exact) mass is 296 g/mol. The number of para-hydroxylation sites is 1. The fourth-order valence-electron chi connectivity index (χ4n) is 1.16. The van der Waals surface area contributed by atoms with Crippen molar-refractivity contribution in [2.24, 2.45) is 0 Å². The third kappa shape index (κ3) is 2.82. The van der Waals surface area contributed by atoms with Gasteiger partial charge in [-0.05, 0) is 28.1 Å². The van der Waals surface area contributed by atoms with Gasteiger partial charge in [-0.15, -0.1) is 14.9 Å². The fraction of sp³-hybridized carbons (Fsp3) is 0.100. The van der Waals surface area contributed by atoms with Crippen molar-refractivity contribution in [3.05, 3.63) is 35.1 Å². The Kier molecular flexibility index (Phi) is 3.38. The summed E-state index contributed by atoms with van der Waals surface area (Å²) in [5.74, 6) is 0.585. The number of hydrogen-bond acceptors (Lipinski definition) is 4. The Morgan fingerprint density at radius 3 is 2.94 bits per heavy atom. The van der Waals surface area contributed by atoms with E-state index in [1.165, 1.54) is 18.0 Å². The number of hydrogen-bond donors (Lipinski definition) is 1. The van der Waals surface area contributed by atoms with Crippen molar-refractivity contribution < 1.29 is 9.63 Å². The first-order chi connectivity index (χ1) is 8.16. The third-order valence-corrected chi connectivity index (χ3v) is 2.49. The van der Waals surface area contributed by atoms with Crippen LogP contribution in [0.15, 0.2) is 35.1 Å². The number of benzene rings is 1. The number of amides is 1. The van der Waals surface area contributed by atoms with E-state index in [-0.39, 0.29) is 11.9 Å². The minimum absolute atomic E-state index is 0.230. The lowest BCUT2D eigenvalue weighted by molar-refractivity contribution is -0.114. The Morgan fingerprint density at radius 1 is 1.47 bits per heavy atom. The molecule has 0 aliphatic carbocycles. The summed E-state index contributed by atoms with van der Waals surface area (Å²) in [5.41, 5.74) is 0. The number of halogens is 1. The van der Waals surface area contributed by atoms with Crippen LogP contribution < -0.4 is 10.2 Å². The maximum Gasteiger partial charge on any atom is 0.265 e. The number of aromatic nitrogens is 3. The molecule has 1 heterocycles. The van der Waals surface area contributed by atoms with Crippen molar-refractivity contribution in [1.82, 2.24) is 14.9 Å². The van der Waals surface area contributed by atoms with Gasteiger partial charge in [0.1, 0.15) is 0 Å². The molecule has 1 N–H and O–H groups in total. The van der Waals surface area contributed by atoms with Crippen LogP contribution in [0.25, 0.3) is 0 Å². The SMILES string of the molecule is CC(=O)Nc1nncn1Oc1ccccc1Br. The van der Waals surface area contributed by atoms with E-state index in [0.29, 0.717) is 5.75 Å². The molecule has 2 rings (SSSR count). The Balaban J connectivity index is 2.22. The van der Waals surface area contributed by atoms with Gasteiger partial charge in [-0.3, -0.25) is 10.1 Å². The van der Waals surface area contributed by atoms with Gasteiger partial charge in [-0.25, -0.2) is 0 Å². The summed E-state index contributed by atoms with van der Waals surface area (Å²) in [7, 11) is 0. The molecule has 1 aromatic carbocycles. The summed E-state index contributed by atoms with van der Waals surface area (Å²) < 4.78 is 2.07. The molecule has 0 radical (unpaired) electrons. The van der Waals surface area contributed by atoms with Crippen molar-refractivity contribution in [1.29, 1.82) is 0 Å². The number of nitrogens with one attached hydrogen (secondary N) is 1. The van der Waals surface area contributed by atoms with Crippen molar-refractivity contribution in [2.75, 3.05) is 5.32 Å². The average molecular weight is 297 g/mol. The van der Waals surface area contributed by atoms with Gasteiger partial charge < -0.3 is 4.84 Å². The largest absolute Gasteiger partial charge is 0.370 e. The Hall–Kier alpha value is -1.89. The zero-order valence-corrected chi connectivity index (χ0v) is 10.5. The van der Waals surface area contributed by atoms with Crippen LogP contribution in [-0.4, -0.2) is 20.8 Å². The van der Waals surface area contributed by atoms with Crippen molar-refractivity contribution in [3.63, 3.8) is 0 Å². The lowest BCUT2D eigenvalue weighted by atomic mass is 10.3. The third-order valence-electron chi connectivity index (χ3n) is 1.84. The summed E-state index contributed by atoms with van der Waals surface area (Å²) in [6.45, 7) is 1.39. The summed E-state index contributed by atoms with van der Waals surface area (Å²) >= 11 is 3.35. The summed E-state index contributed by atoms with van der Waals surface area (Å²) in [5, 5.41) is 9.89. The molecular weight excluding hydrogens is 288 g/mol. The molecule has 88 valence electrons. The zero-order chi connectivity index (χ0) is 12.3. The predicted octanol–water partition coefficient (Wildman–Crippen LogP) is 1.84. The number of carbonyl (C=O) groups is 1. The summed E-state index contributed by atoms with van der Waals surface area (Å²) in [4.78, 5) is 16.4. The maximum atomic E-state index is 10.9. The predicted molar refractivity (Wildman–Crippen MR) is 64.5 cm³/mol. The van der Waals surface area contributed by atoms with Gasteiger partial charge in [0.25, 0.3) is 5.95 Å². The van der Waals surface area contributed by atoms with Gasteiger partial charge in [-0.1, -0.05) is 12.1 Å². The highest BCUT2D eigenvalue weighted by Gasteiger charge is 2.08. The highest BCUT2D eigenvalue weighted by molar-refractivity contribution is 9.10. The van der Waals surface area contributed by atoms with Crippen LogP contribution in [0.5, 0.6) is 5.75 Å². The lowest BCUT2D eigenvalue weighted by Crippen LogP contribution is -2.14. The minimum Gasteiger partial charge on any atom is -0.370 e. The number of nitrogens with zero attached hydrogens (tertiary/aromatic N) is 3. The highest BCUT2D eigenvalue weighted by atomic mass is 79.9. The van der Waals surface area contributed by atoms with Crippen LogP contribution in [0.1, 0.15) is 6.92 Å². The molecule has 0 aliphatic rings. The molecule has 1 aromatic heterocycles. The lowest BCUT2D eigenvalue weighted by Gasteiger charge is -2.08. The van der Waals surface area contributed by atoms with Crippen LogP contribution >= 0.6 is 15.9 Å². The molecule has 6 nitrogen and oxygen atoms in total. The number of rotatable bonds is 3. The molecule has 7 heteroatoms. The van der Waals surface area contributed by atoms with E-state index in [1.807, 2.05) is 18.2 Å². The summed E-state index contributed by atoms with van der Waals surface area (Å²) in [6, 6.07) is 7.33. The van der Waals surface area contributed by atoms with Crippen LogP contribution in [0, 0.1) is 0 Å². The van der Waals surface area contributed by atoms with Gasteiger partial charge >= 0.3 is 0 Å². The van der Waals surface area contributed by atoms with Crippen LogP contribution in [0.4, 0.5) is 5.95 Å². The first kappa shape index (κ1) is 11.6. The minimum atomic E-state index is -0.241. The average Bonchev–Trinajstić information content (AvgIpc) is 2.68. The first-order valence-electron chi connectivity index (χ1n) is 4.77. The van der Waals surface area contributed by atoms with Crippen LogP contribution in [-0.2, 0) is 4.79 Å².